The van der Waals surface area contributed by atoms with Crippen LogP contribution in [0.15, 0.2) is 46.9 Å². The predicted octanol–water partition coefficient (Wildman–Crippen LogP) is 4.65. The Kier molecular flexibility index (Phi) is 6.48. The van der Waals surface area contributed by atoms with Crippen molar-refractivity contribution in [3.05, 3.63) is 57.7 Å². The number of thioether (sulfide) groups is 1. The molecule has 6 nitrogen and oxygen atoms in total. The van der Waals surface area contributed by atoms with Crippen LogP contribution in [0.3, 0.4) is 0 Å². The number of carbonyl (C=O) groups excluding carboxylic acids is 1. The van der Waals surface area contributed by atoms with Crippen molar-refractivity contribution in [2.45, 2.75) is 49.6 Å². The van der Waals surface area contributed by atoms with Crippen molar-refractivity contribution >= 4 is 44.9 Å². The van der Waals surface area contributed by atoms with E-state index in [1.807, 2.05) is 25.1 Å². The van der Waals surface area contributed by atoms with Gasteiger partial charge >= 0.3 is 0 Å². The number of fused-ring (bicyclic) bond motifs is 3. The van der Waals surface area contributed by atoms with Gasteiger partial charge in [-0.15, -0.1) is 17.9 Å². The lowest BCUT2D eigenvalue weighted by atomic mass is 9.97. The van der Waals surface area contributed by atoms with Crippen molar-refractivity contribution in [2.75, 3.05) is 12.4 Å². The first-order valence-electron chi connectivity index (χ1n) is 10.3. The molecule has 1 unspecified atom stereocenters. The Balaban J connectivity index is 1.63. The van der Waals surface area contributed by atoms with Gasteiger partial charge in [-0.25, -0.2) is 4.98 Å². The zero-order valence-electron chi connectivity index (χ0n) is 17.6. The lowest BCUT2D eigenvalue weighted by Gasteiger charge is -2.15. The molecule has 0 saturated heterocycles. The number of nitrogens with zero attached hydrogens (tertiary/aromatic N) is 2. The van der Waals surface area contributed by atoms with E-state index in [1.54, 1.807) is 35.2 Å². The van der Waals surface area contributed by atoms with Crippen molar-refractivity contribution in [3.8, 4) is 5.75 Å². The van der Waals surface area contributed by atoms with E-state index in [4.69, 9.17) is 9.72 Å². The summed E-state index contributed by atoms with van der Waals surface area (Å²) in [6.45, 7) is 5.97. The molecular weight excluding hydrogens is 430 g/mol. The van der Waals surface area contributed by atoms with Crippen LogP contribution in [0.25, 0.3) is 10.2 Å². The normalized spacial score (nSPS) is 14.1. The average molecular weight is 456 g/mol. The molecule has 0 aliphatic heterocycles. The van der Waals surface area contributed by atoms with Gasteiger partial charge in [0.25, 0.3) is 5.56 Å². The number of aromatic nitrogens is 2. The molecule has 4 rings (SSSR count). The van der Waals surface area contributed by atoms with Crippen molar-refractivity contribution in [1.29, 1.82) is 0 Å². The smallest absolute Gasteiger partial charge is 0.263 e. The Morgan fingerprint density at radius 1 is 1.42 bits per heavy atom. The molecule has 0 bridgehead atoms. The van der Waals surface area contributed by atoms with Crippen LogP contribution < -0.4 is 15.6 Å². The molecule has 0 fully saturated rings. The number of methoxy groups -OCH3 is 1. The third kappa shape index (κ3) is 4.41. The van der Waals surface area contributed by atoms with Crippen LogP contribution >= 0.6 is 23.1 Å². The molecule has 3 aromatic rings. The van der Waals surface area contributed by atoms with E-state index in [0.717, 1.165) is 35.9 Å². The summed E-state index contributed by atoms with van der Waals surface area (Å²) in [6, 6.07) is 7.22. The molecule has 1 N–H and O–H groups in total. The molecule has 2 aromatic heterocycles. The summed E-state index contributed by atoms with van der Waals surface area (Å²) < 4.78 is 6.85. The van der Waals surface area contributed by atoms with Crippen LogP contribution in [0.2, 0.25) is 0 Å². The minimum atomic E-state index is -0.443. The number of hydrogen-bond donors (Lipinski definition) is 1. The van der Waals surface area contributed by atoms with Gasteiger partial charge < -0.3 is 10.1 Å². The molecule has 2 heterocycles. The largest absolute Gasteiger partial charge is 0.497 e. The number of amides is 1. The van der Waals surface area contributed by atoms with Gasteiger partial charge in [-0.05, 0) is 50.3 Å². The zero-order chi connectivity index (χ0) is 22.0. The topological polar surface area (TPSA) is 73.2 Å². The predicted molar refractivity (Wildman–Crippen MR) is 128 cm³/mol. The molecule has 1 aliphatic rings. The van der Waals surface area contributed by atoms with E-state index >= 15 is 0 Å². The second-order valence-electron chi connectivity index (χ2n) is 7.47. The Morgan fingerprint density at radius 2 is 2.23 bits per heavy atom. The van der Waals surface area contributed by atoms with Gasteiger partial charge in [0.1, 0.15) is 10.6 Å². The van der Waals surface area contributed by atoms with Crippen LogP contribution in [0.4, 0.5) is 5.69 Å². The summed E-state index contributed by atoms with van der Waals surface area (Å²) in [7, 11) is 1.59. The molecule has 0 radical (unpaired) electrons. The van der Waals surface area contributed by atoms with Crippen LogP contribution in [0, 0.1) is 0 Å². The van der Waals surface area contributed by atoms with Gasteiger partial charge in [-0.1, -0.05) is 23.9 Å². The summed E-state index contributed by atoms with van der Waals surface area (Å²) >= 11 is 2.91. The maximum Gasteiger partial charge on any atom is 0.263 e. The van der Waals surface area contributed by atoms with Crippen molar-refractivity contribution in [2.24, 2.45) is 0 Å². The first-order chi connectivity index (χ1) is 15.0. The Bertz CT molecular complexity index is 1200. The van der Waals surface area contributed by atoms with E-state index in [2.05, 4.69) is 11.9 Å². The second kappa shape index (κ2) is 9.28. The number of nitrogens with one attached hydrogen (secondary N) is 1. The van der Waals surface area contributed by atoms with Crippen molar-refractivity contribution in [3.63, 3.8) is 0 Å². The lowest BCUT2D eigenvalue weighted by Crippen LogP contribution is -2.27. The molecule has 0 saturated carbocycles. The van der Waals surface area contributed by atoms with Gasteiger partial charge in [0, 0.05) is 23.2 Å². The number of ether oxygens (including phenoxy) is 1. The van der Waals surface area contributed by atoms with Gasteiger partial charge in [0.05, 0.1) is 17.7 Å². The second-order valence-corrected chi connectivity index (χ2v) is 9.86. The molecule has 0 spiro atoms. The third-order valence-corrected chi connectivity index (χ3v) is 7.62. The number of thiophene rings is 1. The molecule has 8 heteroatoms. The number of carbonyl (C=O) groups is 1. The number of anilines is 1. The van der Waals surface area contributed by atoms with Gasteiger partial charge in [-0.2, -0.15) is 0 Å². The number of allylic oxidation sites excluding steroid dienone is 1. The maximum absolute atomic E-state index is 13.3. The van der Waals surface area contributed by atoms with Crippen LogP contribution in [0.5, 0.6) is 5.75 Å². The van der Waals surface area contributed by atoms with Gasteiger partial charge in [0.2, 0.25) is 5.91 Å². The highest BCUT2D eigenvalue weighted by Crippen LogP contribution is 2.35. The Morgan fingerprint density at radius 3 is 3.00 bits per heavy atom. The van der Waals surface area contributed by atoms with Crippen molar-refractivity contribution in [1.82, 2.24) is 9.55 Å². The fraction of sp³-hybridized carbons (Fsp3) is 0.348. The van der Waals surface area contributed by atoms with Gasteiger partial charge in [-0.3, -0.25) is 14.2 Å². The summed E-state index contributed by atoms with van der Waals surface area (Å²) in [5, 5.41) is 3.76. The summed E-state index contributed by atoms with van der Waals surface area (Å²) in [5.74, 6) is 0.509. The first kappa shape index (κ1) is 21.6. The monoisotopic (exact) mass is 455 g/mol. The first-order valence-corrected chi connectivity index (χ1v) is 12.0. The van der Waals surface area contributed by atoms with Gasteiger partial charge in [0.15, 0.2) is 5.16 Å². The molecular formula is C23H25N3O3S2. The molecule has 31 heavy (non-hydrogen) atoms. The quantitative estimate of drug-likeness (QED) is 0.319. The minimum absolute atomic E-state index is 0.0350. The molecule has 162 valence electrons. The summed E-state index contributed by atoms with van der Waals surface area (Å²) in [4.78, 5) is 33.0. The minimum Gasteiger partial charge on any atom is -0.497 e. The lowest BCUT2D eigenvalue weighted by molar-refractivity contribution is -0.115. The Hall–Kier alpha value is -2.58. The van der Waals surface area contributed by atoms with Crippen molar-refractivity contribution < 1.29 is 9.53 Å². The maximum atomic E-state index is 13.3. The molecule has 1 amide bonds. The standard InChI is InChI=1S/C23H25N3O3S2/c1-4-12-26-22(28)19-17-10-5-6-11-18(17)31-21(19)25-23(26)30-14(2)20(27)24-15-8-7-9-16(13-15)29-3/h4,7-9,13-14H,1,5-6,10-12H2,2-3H3,(H,24,27). The zero-order valence-corrected chi connectivity index (χ0v) is 19.3. The van der Waals surface area contributed by atoms with Crippen LogP contribution in [0.1, 0.15) is 30.2 Å². The number of benzene rings is 1. The van der Waals surface area contributed by atoms with E-state index < -0.39 is 5.25 Å². The molecule has 1 aliphatic carbocycles. The molecule has 1 atom stereocenters. The highest BCUT2D eigenvalue weighted by atomic mass is 32.2. The summed E-state index contributed by atoms with van der Waals surface area (Å²) in [6.07, 6.45) is 5.91. The van der Waals surface area contributed by atoms with E-state index in [-0.39, 0.29) is 11.5 Å². The third-order valence-electron chi connectivity index (χ3n) is 5.34. The van der Waals surface area contributed by atoms with Crippen LogP contribution in [-0.4, -0.2) is 27.8 Å². The Labute approximate surface area is 189 Å². The highest BCUT2D eigenvalue weighted by Gasteiger charge is 2.24. The fourth-order valence-electron chi connectivity index (χ4n) is 3.76. The average Bonchev–Trinajstić information content (AvgIpc) is 3.15. The number of aryl methyl sites for hydroxylation is 2. The van der Waals surface area contributed by atoms with Crippen LogP contribution in [-0.2, 0) is 24.2 Å². The molecule has 1 aromatic carbocycles. The van der Waals surface area contributed by atoms with E-state index in [1.165, 1.54) is 22.2 Å². The van der Waals surface area contributed by atoms with E-state index in [0.29, 0.717) is 23.1 Å². The SMILES string of the molecule is C=CCn1c(SC(C)C(=O)Nc2cccc(OC)c2)nc2sc3c(c2c1=O)CCCC3. The summed E-state index contributed by atoms with van der Waals surface area (Å²) in [5.41, 5.74) is 1.80. The number of hydrogen-bond acceptors (Lipinski definition) is 6. The highest BCUT2D eigenvalue weighted by molar-refractivity contribution is 8.00. The fourth-order valence-corrected chi connectivity index (χ4v) is 5.98. The van der Waals surface area contributed by atoms with E-state index in [9.17, 15) is 9.59 Å². The number of rotatable bonds is 7.